The van der Waals surface area contributed by atoms with E-state index in [2.05, 4.69) is 13.8 Å². The van der Waals surface area contributed by atoms with Crippen molar-refractivity contribution in [3.8, 4) is 23.0 Å². The minimum absolute atomic E-state index is 0.108. The van der Waals surface area contributed by atoms with Gasteiger partial charge in [-0.1, -0.05) is 75.2 Å². The summed E-state index contributed by atoms with van der Waals surface area (Å²) in [5.74, 6) is 1.71. The Bertz CT molecular complexity index is 1970. The van der Waals surface area contributed by atoms with Gasteiger partial charge < -0.3 is 18.9 Å². The van der Waals surface area contributed by atoms with E-state index in [1.165, 1.54) is 24.3 Å². The van der Waals surface area contributed by atoms with Crippen molar-refractivity contribution in [3.05, 3.63) is 132 Å². The van der Waals surface area contributed by atoms with E-state index in [-0.39, 0.29) is 45.0 Å². The summed E-state index contributed by atoms with van der Waals surface area (Å²) in [6, 6.07) is 33.8. The summed E-state index contributed by atoms with van der Waals surface area (Å²) in [7, 11) is -7.65. The number of sulfone groups is 2. The van der Waals surface area contributed by atoms with Crippen LogP contribution >= 0.6 is 0 Å². The first kappa shape index (κ1) is 38.4. The van der Waals surface area contributed by atoms with E-state index in [1.807, 2.05) is 38.1 Å². The molecule has 0 aromatic heterocycles. The van der Waals surface area contributed by atoms with Gasteiger partial charge in [0.2, 0.25) is 19.7 Å². The lowest BCUT2D eigenvalue weighted by atomic mass is 10.1. The number of para-hydroxylation sites is 2. The second kappa shape index (κ2) is 17.6. The van der Waals surface area contributed by atoms with Crippen molar-refractivity contribution in [3.63, 3.8) is 0 Å². The zero-order chi connectivity index (χ0) is 37.1. The molecule has 5 aromatic rings. The minimum atomic E-state index is -3.82. The fourth-order valence-corrected chi connectivity index (χ4v) is 8.52. The SMILES string of the molecule is CCCC(C)Oc1ccccc1S(=O)(=O)c1ccc(OCc2ccccc2COc2ccc(S(=O)(=O)c3ccccc3OC(C)CCC)cc2)cc1. The highest BCUT2D eigenvalue weighted by Gasteiger charge is 2.24. The van der Waals surface area contributed by atoms with E-state index in [0.717, 1.165) is 36.8 Å². The third-order valence-electron chi connectivity index (χ3n) is 8.50. The quantitative estimate of drug-likeness (QED) is 0.0874. The molecule has 10 heteroatoms. The maximum atomic E-state index is 13.5. The van der Waals surface area contributed by atoms with E-state index in [4.69, 9.17) is 18.9 Å². The van der Waals surface area contributed by atoms with Crippen molar-refractivity contribution in [2.24, 2.45) is 0 Å². The second-order valence-corrected chi connectivity index (χ2v) is 16.5. The third-order valence-corrected chi connectivity index (χ3v) is 12.1. The van der Waals surface area contributed by atoms with Gasteiger partial charge in [-0.2, -0.15) is 0 Å². The van der Waals surface area contributed by atoms with Gasteiger partial charge in [-0.05, 0) is 111 Å². The zero-order valence-electron chi connectivity index (χ0n) is 30.0. The van der Waals surface area contributed by atoms with Crippen molar-refractivity contribution in [1.82, 2.24) is 0 Å². The molecule has 0 bridgehead atoms. The lowest BCUT2D eigenvalue weighted by molar-refractivity contribution is 0.204. The van der Waals surface area contributed by atoms with Gasteiger partial charge in [0.15, 0.2) is 0 Å². The van der Waals surface area contributed by atoms with Crippen molar-refractivity contribution in [2.75, 3.05) is 0 Å². The predicted molar refractivity (Wildman–Crippen MR) is 202 cm³/mol. The highest BCUT2D eigenvalue weighted by atomic mass is 32.2. The minimum Gasteiger partial charge on any atom is -0.489 e. The van der Waals surface area contributed by atoms with Crippen LogP contribution in [-0.4, -0.2) is 29.0 Å². The Morgan fingerprint density at radius 1 is 0.481 bits per heavy atom. The van der Waals surface area contributed by atoms with Gasteiger partial charge in [0.25, 0.3) is 0 Å². The number of rotatable bonds is 18. The molecule has 0 aliphatic carbocycles. The van der Waals surface area contributed by atoms with Crippen LogP contribution in [0.5, 0.6) is 23.0 Å². The Morgan fingerprint density at radius 3 is 1.19 bits per heavy atom. The predicted octanol–water partition coefficient (Wildman–Crippen LogP) is 9.64. The normalized spacial score (nSPS) is 12.8. The molecular formula is C42H46O8S2. The van der Waals surface area contributed by atoms with Crippen LogP contribution in [-0.2, 0) is 32.9 Å². The van der Waals surface area contributed by atoms with Crippen LogP contribution < -0.4 is 18.9 Å². The molecule has 0 spiro atoms. The van der Waals surface area contributed by atoms with Gasteiger partial charge in [0.05, 0.1) is 22.0 Å². The molecule has 0 radical (unpaired) electrons. The molecule has 0 fully saturated rings. The first-order valence-electron chi connectivity index (χ1n) is 17.6. The average Bonchev–Trinajstić information content (AvgIpc) is 3.14. The van der Waals surface area contributed by atoms with Gasteiger partial charge in [0.1, 0.15) is 46.0 Å². The molecule has 5 rings (SSSR count). The zero-order valence-corrected chi connectivity index (χ0v) is 31.7. The van der Waals surface area contributed by atoms with Crippen molar-refractivity contribution in [2.45, 2.75) is 98.4 Å². The molecule has 8 nitrogen and oxygen atoms in total. The van der Waals surface area contributed by atoms with Gasteiger partial charge >= 0.3 is 0 Å². The molecule has 0 aliphatic rings. The lowest BCUT2D eigenvalue weighted by Crippen LogP contribution is -2.14. The summed E-state index contributed by atoms with van der Waals surface area (Å²) in [4.78, 5) is 0.546. The molecule has 0 N–H and O–H groups in total. The molecule has 274 valence electrons. The smallest absolute Gasteiger partial charge is 0.210 e. The van der Waals surface area contributed by atoms with Crippen molar-refractivity contribution >= 4 is 19.7 Å². The number of hydrogen-bond acceptors (Lipinski definition) is 8. The summed E-state index contributed by atoms with van der Waals surface area (Å²) in [6.07, 6.45) is 3.29. The molecule has 52 heavy (non-hydrogen) atoms. The molecule has 0 aliphatic heterocycles. The van der Waals surface area contributed by atoms with Crippen LogP contribution in [0.25, 0.3) is 0 Å². The number of ether oxygens (including phenoxy) is 4. The number of hydrogen-bond donors (Lipinski definition) is 0. The van der Waals surface area contributed by atoms with Gasteiger partial charge in [-0.25, -0.2) is 16.8 Å². The Balaban J connectivity index is 1.22. The van der Waals surface area contributed by atoms with Gasteiger partial charge in [0, 0.05) is 0 Å². The second-order valence-electron chi connectivity index (χ2n) is 12.6. The largest absolute Gasteiger partial charge is 0.489 e. The summed E-state index contributed by atoms with van der Waals surface area (Å²) < 4.78 is 78.3. The molecule has 5 aromatic carbocycles. The standard InChI is InChI=1S/C42H46O8S2/c1-5-13-31(3)49-39-17-9-11-19-41(39)51(43,44)37-25-21-35(22-26-37)47-29-33-15-7-8-16-34(33)30-48-36-23-27-38(28-24-36)52(45,46)42-20-12-10-18-40(42)50-32(4)14-6-2/h7-12,15-28,31-32H,5-6,13-14,29-30H2,1-4H3. The van der Waals surface area contributed by atoms with Crippen LogP contribution in [0.2, 0.25) is 0 Å². The highest BCUT2D eigenvalue weighted by Crippen LogP contribution is 2.33. The van der Waals surface area contributed by atoms with E-state index in [9.17, 15) is 16.8 Å². The average molecular weight is 743 g/mol. The van der Waals surface area contributed by atoms with Crippen LogP contribution in [0.1, 0.15) is 64.5 Å². The number of benzene rings is 5. The molecule has 0 heterocycles. The van der Waals surface area contributed by atoms with Crippen LogP contribution in [0.4, 0.5) is 0 Å². The maximum Gasteiger partial charge on any atom is 0.210 e. The first-order chi connectivity index (χ1) is 25.0. The van der Waals surface area contributed by atoms with Crippen molar-refractivity contribution < 1.29 is 35.8 Å². The topological polar surface area (TPSA) is 105 Å². The first-order valence-corrected chi connectivity index (χ1v) is 20.5. The fraction of sp³-hybridized carbons (Fsp3) is 0.286. The summed E-state index contributed by atoms with van der Waals surface area (Å²) >= 11 is 0. The van der Waals surface area contributed by atoms with E-state index >= 15 is 0 Å². The van der Waals surface area contributed by atoms with Crippen LogP contribution in [0.3, 0.4) is 0 Å². The van der Waals surface area contributed by atoms with Gasteiger partial charge in [-0.15, -0.1) is 0 Å². The van der Waals surface area contributed by atoms with Crippen molar-refractivity contribution in [1.29, 1.82) is 0 Å². The maximum absolute atomic E-state index is 13.5. The van der Waals surface area contributed by atoms with E-state index < -0.39 is 19.7 Å². The molecule has 0 saturated heterocycles. The molecular weight excluding hydrogens is 697 g/mol. The molecule has 0 amide bonds. The Morgan fingerprint density at radius 2 is 0.827 bits per heavy atom. The van der Waals surface area contributed by atoms with Crippen LogP contribution in [0, 0.1) is 0 Å². The van der Waals surface area contributed by atoms with E-state index in [1.54, 1.807) is 72.8 Å². The molecule has 2 unspecified atom stereocenters. The summed E-state index contributed by atoms with van der Waals surface area (Å²) in [5, 5.41) is 0. The summed E-state index contributed by atoms with van der Waals surface area (Å²) in [5.41, 5.74) is 1.78. The summed E-state index contributed by atoms with van der Waals surface area (Å²) in [6.45, 7) is 8.44. The Kier molecular flexibility index (Phi) is 13.0. The Labute approximate surface area is 308 Å². The Hall–Kier alpha value is -4.80. The lowest BCUT2D eigenvalue weighted by Gasteiger charge is -2.17. The monoisotopic (exact) mass is 742 g/mol. The molecule has 0 saturated carbocycles. The fourth-order valence-electron chi connectivity index (χ4n) is 5.75. The molecule has 2 atom stereocenters. The van der Waals surface area contributed by atoms with Crippen LogP contribution in [0.15, 0.2) is 141 Å². The van der Waals surface area contributed by atoms with E-state index in [0.29, 0.717) is 23.0 Å². The van der Waals surface area contributed by atoms with Gasteiger partial charge in [-0.3, -0.25) is 0 Å². The highest BCUT2D eigenvalue weighted by molar-refractivity contribution is 7.92. The third kappa shape index (κ3) is 9.54.